The molecule has 1 heterocycles. The van der Waals surface area contributed by atoms with Gasteiger partial charge in [0.25, 0.3) is 5.91 Å². The first-order valence-corrected chi connectivity index (χ1v) is 9.29. The number of carbonyl (C=O) groups is 1. The van der Waals surface area contributed by atoms with Gasteiger partial charge < -0.3 is 25.4 Å². The highest BCUT2D eigenvalue weighted by atomic mass is 35.5. The van der Waals surface area contributed by atoms with E-state index in [4.69, 9.17) is 33.3 Å². The Kier molecular flexibility index (Phi) is 6.06. The highest BCUT2D eigenvalue weighted by Gasteiger charge is 2.32. The predicted octanol–water partition coefficient (Wildman–Crippen LogP) is 3.79. The summed E-state index contributed by atoms with van der Waals surface area (Å²) in [5, 5.41) is 9.92. The van der Waals surface area contributed by atoms with Gasteiger partial charge in [0.2, 0.25) is 0 Å². The minimum absolute atomic E-state index is 0.295. The third kappa shape index (κ3) is 4.05. The summed E-state index contributed by atoms with van der Waals surface area (Å²) >= 11 is 11.5. The molecule has 3 rings (SSSR count). The van der Waals surface area contributed by atoms with Crippen LogP contribution in [0.2, 0.25) is 5.02 Å². The van der Waals surface area contributed by atoms with E-state index in [1.54, 1.807) is 51.5 Å². The molecule has 0 fully saturated rings. The van der Waals surface area contributed by atoms with Gasteiger partial charge in [0.05, 0.1) is 36.5 Å². The zero-order chi connectivity index (χ0) is 20.3. The van der Waals surface area contributed by atoms with Crippen LogP contribution in [0, 0.1) is 0 Å². The quantitative estimate of drug-likeness (QED) is 0.643. The molecule has 8 heteroatoms. The fourth-order valence-corrected chi connectivity index (χ4v) is 3.49. The molecule has 0 radical (unpaired) electrons. The number of amides is 1. The van der Waals surface area contributed by atoms with Gasteiger partial charge in [0.1, 0.15) is 11.5 Å². The highest BCUT2D eigenvalue weighted by molar-refractivity contribution is 7.80. The number of allylic oxidation sites excluding steroid dienone is 1. The van der Waals surface area contributed by atoms with Gasteiger partial charge in [-0.1, -0.05) is 23.7 Å². The maximum absolute atomic E-state index is 13.1. The van der Waals surface area contributed by atoms with Crippen molar-refractivity contribution in [1.82, 2.24) is 10.6 Å². The molecule has 6 nitrogen and oxygen atoms in total. The van der Waals surface area contributed by atoms with Crippen molar-refractivity contribution < 1.29 is 14.3 Å². The molecule has 0 aromatic heterocycles. The molecule has 28 heavy (non-hydrogen) atoms. The van der Waals surface area contributed by atoms with Gasteiger partial charge in [0, 0.05) is 17.3 Å². The zero-order valence-electron chi connectivity index (χ0n) is 15.6. The Labute approximate surface area is 173 Å². The van der Waals surface area contributed by atoms with Gasteiger partial charge in [-0.15, -0.1) is 0 Å². The van der Waals surface area contributed by atoms with Crippen molar-refractivity contribution in [2.24, 2.45) is 0 Å². The first-order chi connectivity index (χ1) is 13.4. The summed E-state index contributed by atoms with van der Waals surface area (Å²) in [5.74, 6) is 0.938. The van der Waals surface area contributed by atoms with Crippen molar-refractivity contribution in [3.05, 3.63) is 64.3 Å². The van der Waals surface area contributed by atoms with Crippen molar-refractivity contribution in [2.45, 2.75) is 13.0 Å². The molecule has 146 valence electrons. The van der Waals surface area contributed by atoms with Gasteiger partial charge in [-0.25, -0.2) is 0 Å². The molecule has 1 aliphatic rings. The van der Waals surface area contributed by atoms with E-state index in [2.05, 4.69) is 16.0 Å². The van der Waals surface area contributed by atoms with E-state index in [1.807, 2.05) is 12.1 Å². The van der Waals surface area contributed by atoms with Crippen LogP contribution in [0.5, 0.6) is 11.5 Å². The second kappa shape index (κ2) is 8.50. The monoisotopic (exact) mass is 417 g/mol. The third-order valence-corrected chi connectivity index (χ3v) is 4.94. The minimum atomic E-state index is -0.503. The highest BCUT2D eigenvalue weighted by Crippen LogP contribution is 2.36. The Balaban J connectivity index is 2.02. The number of carbonyl (C=O) groups excluding carboxylic acids is 1. The number of ether oxygens (including phenoxy) is 2. The maximum Gasteiger partial charge on any atom is 0.255 e. The van der Waals surface area contributed by atoms with Crippen molar-refractivity contribution in [2.75, 3.05) is 19.5 Å². The van der Waals surface area contributed by atoms with E-state index < -0.39 is 6.04 Å². The summed E-state index contributed by atoms with van der Waals surface area (Å²) in [6, 6.07) is 12.0. The maximum atomic E-state index is 13.1. The van der Waals surface area contributed by atoms with Crippen LogP contribution < -0.4 is 25.4 Å². The lowest BCUT2D eigenvalue weighted by Crippen LogP contribution is -2.45. The Bertz CT molecular complexity index is 961. The second-order valence-electron chi connectivity index (χ2n) is 6.11. The molecule has 2 aromatic carbocycles. The van der Waals surface area contributed by atoms with E-state index >= 15 is 0 Å². The molecule has 1 unspecified atom stereocenters. The number of halogens is 1. The smallest absolute Gasteiger partial charge is 0.255 e. The van der Waals surface area contributed by atoms with Crippen molar-refractivity contribution >= 4 is 40.5 Å². The van der Waals surface area contributed by atoms with Crippen LogP contribution in [0.3, 0.4) is 0 Å². The average Bonchev–Trinajstić information content (AvgIpc) is 2.68. The fraction of sp³-hybridized carbons (Fsp3) is 0.200. The minimum Gasteiger partial charge on any atom is -0.497 e. The van der Waals surface area contributed by atoms with Crippen LogP contribution in [-0.4, -0.2) is 25.2 Å². The average molecular weight is 418 g/mol. The Morgan fingerprint density at radius 3 is 2.61 bits per heavy atom. The van der Waals surface area contributed by atoms with Gasteiger partial charge in [-0.2, -0.15) is 0 Å². The molecular formula is C20H20ClN3O3S. The lowest BCUT2D eigenvalue weighted by atomic mass is 9.94. The summed E-state index contributed by atoms with van der Waals surface area (Å²) in [6.45, 7) is 1.80. The number of hydrogen-bond donors (Lipinski definition) is 3. The van der Waals surface area contributed by atoms with E-state index in [9.17, 15) is 4.79 Å². The van der Waals surface area contributed by atoms with Crippen LogP contribution in [-0.2, 0) is 4.79 Å². The van der Waals surface area contributed by atoms with Crippen LogP contribution in [0.4, 0.5) is 5.69 Å². The molecular weight excluding hydrogens is 398 g/mol. The van der Waals surface area contributed by atoms with Crippen molar-refractivity contribution in [1.29, 1.82) is 0 Å². The van der Waals surface area contributed by atoms with E-state index in [0.717, 1.165) is 5.56 Å². The summed E-state index contributed by atoms with van der Waals surface area (Å²) < 4.78 is 10.8. The second-order valence-corrected chi connectivity index (χ2v) is 6.93. The van der Waals surface area contributed by atoms with Gasteiger partial charge in [-0.3, -0.25) is 4.79 Å². The Morgan fingerprint density at radius 2 is 1.93 bits per heavy atom. The van der Waals surface area contributed by atoms with Gasteiger partial charge >= 0.3 is 0 Å². The van der Waals surface area contributed by atoms with E-state index in [1.165, 1.54) is 0 Å². The Hall–Kier alpha value is -2.77. The van der Waals surface area contributed by atoms with Crippen LogP contribution in [0.25, 0.3) is 0 Å². The van der Waals surface area contributed by atoms with Crippen LogP contribution in [0.1, 0.15) is 18.5 Å². The number of methoxy groups -OCH3 is 2. The molecule has 1 atom stereocenters. The SMILES string of the molecule is COc1ccc(C2NC(=S)NC(C)=C2C(=O)Nc2ccccc2Cl)c(OC)c1. The normalized spacial score (nSPS) is 16.1. The molecule has 0 aliphatic carbocycles. The van der Waals surface area contributed by atoms with Gasteiger partial charge in [0.15, 0.2) is 5.11 Å². The standard InChI is InChI=1S/C20H20ClN3O3S/c1-11-17(19(25)23-15-7-5-4-6-14(15)21)18(24-20(28)22-11)13-9-8-12(26-2)10-16(13)27-3/h4-10,18H,1-3H3,(H,23,25)(H2,22,24,28). The number of thiocarbonyl (C=S) groups is 1. The van der Waals surface area contributed by atoms with Crippen molar-refractivity contribution in [3.63, 3.8) is 0 Å². The molecule has 0 bridgehead atoms. The number of rotatable bonds is 5. The number of hydrogen-bond acceptors (Lipinski definition) is 4. The molecule has 0 spiro atoms. The molecule has 0 saturated carbocycles. The number of benzene rings is 2. The number of anilines is 1. The molecule has 1 amide bonds. The topological polar surface area (TPSA) is 71.6 Å². The van der Waals surface area contributed by atoms with E-state index in [0.29, 0.717) is 38.6 Å². The molecule has 0 saturated heterocycles. The lowest BCUT2D eigenvalue weighted by Gasteiger charge is -2.31. The lowest BCUT2D eigenvalue weighted by molar-refractivity contribution is -0.113. The number of nitrogens with one attached hydrogen (secondary N) is 3. The molecule has 3 N–H and O–H groups in total. The largest absolute Gasteiger partial charge is 0.497 e. The van der Waals surface area contributed by atoms with Crippen molar-refractivity contribution in [3.8, 4) is 11.5 Å². The first kappa shape index (κ1) is 20.0. The van der Waals surface area contributed by atoms with E-state index in [-0.39, 0.29) is 5.91 Å². The summed E-state index contributed by atoms with van der Waals surface area (Å²) in [7, 11) is 3.15. The summed E-state index contributed by atoms with van der Waals surface area (Å²) in [6.07, 6.45) is 0. The third-order valence-electron chi connectivity index (χ3n) is 4.39. The van der Waals surface area contributed by atoms with Crippen LogP contribution >= 0.6 is 23.8 Å². The number of para-hydroxylation sites is 1. The molecule has 2 aromatic rings. The zero-order valence-corrected chi connectivity index (χ0v) is 17.2. The fourth-order valence-electron chi connectivity index (χ4n) is 3.04. The summed E-state index contributed by atoms with van der Waals surface area (Å²) in [4.78, 5) is 13.1. The van der Waals surface area contributed by atoms with Crippen LogP contribution in [0.15, 0.2) is 53.7 Å². The summed E-state index contributed by atoms with van der Waals surface area (Å²) in [5.41, 5.74) is 2.42. The van der Waals surface area contributed by atoms with Gasteiger partial charge in [-0.05, 0) is 43.4 Å². The Morgan fingerprint density at radius 1 is 1.18 bits per heavy atom. The predicted molar refractivity (Wildman–Crippen MR) is 114 cm³/mol. The molecule has 1 aliphatic heterocycles. The first-order valence-electron chi connectivity index (χ1n) is 8.50.